The normalized spacial score (nSPS) is 26.4. The summed E-state index contributed by atoms with van der Waals surface area (Å²) in [6.45, 7) is 1.60. The van der Waals surface area contributed by atoms with Gasteiger partial charge < -0.3 is 89.9 Å². The molecule has 3 aliphatic rings. The Balaban J connectivity index is 1.35. The van der Waals surface area contributed by atoms with Gasteiger partial charge in [-0.05, 0) is 109 Å². The summed E-state index contributed by atoms with van der Waals surface area (Å²) in [4.78, 5) is 13.5. The first kappa shape index (κ1) is 95.9. The molecule has 3 rings (SSSR count). The monoisotopic (exact) mass is 1490 g/mol. The second kappa shape index (κ2) is 65.4. The molecule has 0 aromatic heterocycles. The molecule has 3 aliphatic heterocycles. The Hall–Kier alpha value is -4.33. The first-order chi connectivity index (χ1) is 51.8. The third kappa shape index (κ3) is 44.5. The van der Waals surface area contributed by atoms with Crippen LogP contribution in [0.5, 0.6) is 0 Å². The van der Waals surface area contributed by atoms with Gasteiger partial charge in [0, 0.05) is 6.42 Å². The highest BCUT2D eigenvalue weighted by Crippen LogP contribution is 2.33. The third-order valence-electron chi connectivity index (χ3n) is 19.4. The summed E-state index contributed by atoms with van der Waals surface area (Å²) in [6.07, 6.45) is 68.3. The van der Waals surface area contributed by atoms with Crippen molar-refractivity contribution in [2.45, 2.75) is 369 Å². The maximum absolute atomic E-state index is 13.5. The summed E-state index contributed by atoms with van der Waals surface area (Å²) in [5, 5.41) is 121. The van der Waals surface area contributed by atoms with Crippen LogP contribution in [0.1, 0.15) is 264 Å². The van der Waals surface area contributed by atoms with E-state index in [0.29, 0.717) is 12.8 Å². The van der Waals surface area contributed by atoms with Crippen molar-refractivity contribution in [1.29, 1.82) is 0 Å². The molecule has 17 atom stereocenters. The smallest absolute Gasteiger partial charge is 0.220 e. The molecule has 1 amide bonds. The van der Waals surface area contributed by atoms with Gasteiger partial charge in [-0.2, -0.15) is 0 Å². The van der Waals surface area contributed by atoms with Crippen LogP contribution in [-0.2, 0) is 33.2 Å². The molecule has 0 aromatic carbocycles. The number of aliphatic hydroxyl groups is 11. The van der Waals surface area contributed by atoms with E-state index >= 15 is 0 Å². The maximum Gasteiger partial charge on any atom is 0.220 e. The lowest BCUT2D eigenvalue weighted by atomic mass is 9.96. The standard InChI is InChI=1S/C87H145NO18/c1-3-5-7-9-11-13-15-17-19-21-23-25-26-27-28-29-30-31-32-33-34-35-36-37-38-39-40-41-42-43-44-45-47-49-51-53-55-57-59-61-63-65-75(93)88-70(71(92)64-62-60-58-56-54-52-50-48-46-24-22-20-18-16-14-12-10-8-6-4-2)69-101-85-81(99)78(96)83(73(67-90)103-85)106-87-82(100)79(97)84(74(68-91)104-87)105-86-80(98)77(95)76(94)72(66-89)102-86/h5,7,11,13,17,19,23,25,27-28,30-31,33-34,36-37,39-40,42-43,54,56,62,64,70-74,76-87,89-92,94-100H,3-4,6,8-10,12,14-16,18,20-22,24,26,29,32,35,38,41,44-53,55,57-61,63,65-69H2,1-2H3,(H,88,93)/b7-5-,13-11-,19-17-,25-23-,28-27-,31-30-,34-33-,37-36-,40-39-,43-42-,56-54+,64-62+. The fourth-order valence-electron chi connectivity index (χ4n) is 12.8. The van der Waals surface area contributed by atoms with Crippen LogP contribution < -0.4 is 5.32 Å². The van der Waals surface area contributed by atoms with Crippen molar-refractivity contribution in [3.05, 3.63) is 146 Å². The predicted octanol–water partition coefficient (Wildman–Crippen LogP) is 14.2. The van der Waals surface area contributed by atoms with E-state index in [1.165, 1.54) is 116 Å². The van der Waals surface area contributed by atoms with Gasteiger partial charge in [0.25, 0.3) is 0 Å². The Morgan fingerprint density at radius 2 is 0.660 bits per heavy atom. The molecule has 0 saturated carbocycles. The average molecular weight is 1490 g/mol. The molecule has 0 bridgehead atoms. The zero-order valence-corrected chi connectivity index (χ0v) is 64.9. The lowest BCUT2D eigenvalue weighted by Crippen LogP contribution is -2.66. The fraction of sp³-hybridized carbons (Fsp3) is 0.713. The molecule has 12 N–H and O–H groups in total. The first-order valence-electron chi connectivity index (χ1n) is 41.1. The van der Waals surface area contributed by atoms with Crippen molar-refractivity contribution < 1.29 is 89.4 Å². The van der Waals surface area contributed by atoms with Crippen LogP contribution in [-0.4, -0.2) is 193 Å². The van der Waals surface area contributed by atoms with Crippen LogP contribution in [0, 0.1) is 0 Å². The molecule has 17 unspecified atom stereocenters. The molecule has 0 radical (unpaired) electrons. The zero-order chi connectivity index (χ0) is 76.7. The molecule has 0 spiro atoms. The van der Waals surface area contributed by atoms with Crippen molar-refractivity contribution in [3.63, 3.8) is 0 Å². The molecule has 3 fully saturated rings. The number of carbonyl (C=O) groups excluding carboxylic acids is 1. The van der Waals surface area contributed by atoms with Crippen molar-refractivity contribution in [1.82, 2.24) is 5.32 Å². The van der Waals surface area contributed by atoms with Gasteiger partial charge in [-0.15, -0.1) is 0 Å². The van der Waals surface area contributed by atoms with E-state index in [1.54, 1.807) is 6.08 Å². The van der Waals surface area contributed by atoms with E-state index in [2.05, 4.69) is 153 Å². The van der Waals surface area contributed by atoms with E-state index in [9.17, 15) is 61.0 Å². The van der Waals surface area contributed by atoms with Crippen LogP contribution in [0.25, 0.3) is 0 Å². The van der Waals surface area contributed by atoms with E-state index in [1.807, 2.05) is 6.08 Å². The van der Waals surface area contributed by atoms with Gasteiger partial charge in [-0.25, -0.2) is 0 Å². The molecular formula is C87H145NO18. The summed E-state index contributed by atoms with van der Waals surface area (Å²) in [6, 6.07) is -1.00. The van der Waals surface area contributed by atoms with E-state index in [4.69, 9.17) is 28.4 Å². The Kier molecular flexibility index (Phi) is 59.1. The Morgan fingerprint density at radius 1 is 0.349 bits per heavy atom. The fourth-order valence-corrected chi connectivity index (χ4v) is 12.8. The lowest BCUT2D eigenvalue weighted by molar-refractivity contribution is -0.379. The number of hydrogen-bond acceptors (Lipinski definition) is 18. The van der Waals surface area contributed by atoms with Crippen molar-refractivity contribution in [2.75, 3.05) is 26.4 Å². The van der Waals surface area contributed by atoms with Gasteiger partial charge in [-0.3, -0.25) is 4.79 Å². The molecule has 0 aromatic rings. The number of hydrogen-bond donors (Lipinski definition) is 12. The van der Waals surface area contributed by atoms with Crippen molar-refractivity contribution in [2.24, 2.45) is 0 Å². The summed E-state index contributed by atoms with van der Waals surface area (Å²) in [5.41, 5.74) is 0. The van der Waals surface area contributed by atoms with Crippen molar-refractivity contribution >= 4 is 5.91 Å². The number of amides is 1. The Labute approximate surface area is 638 Å². The number of aliphatic hydroxyl groups excluding tert-OH is 11. The molecule has 3 heterocycles. The highest BCUT2D eigenvalue weighted by atomic mass is 16.8. The van der Waals surface area contributed by atoms with Gasteiger partial charge in [0.1, 0.15) is 73.2 Å². The molecule has 106 heavy (non-hydrogen) atoms. The van der Waals surface area contributed by atoms with Gasteiger partial charge in [0.15, 0.2) is 18.9 Å². The molecule has 606 valence electrons. The highest BCUT2D eigenvalue weighted by molar-refractivity contribution is 5.76. The maximum atomic E-state index is 13.5. The van der Waals surface area contributed by atoms with Gasteiger partial charge in [-0.1, -0.05) is 295 Å². The molecule has 3 saturated heterocycles. The van der Waals surface area contributed by atoms with Crippen LogP contribution >= 0.6 is 0 Å². The SMILES string of the molecule is CC/C=C\C/C=C\C/C=C\C/C=C\C/C=C\C/C=C\C/C=C\C/C=C\C/C=C\C/C=C\CCCCCCCCCCCCC(=O)NC(COC1OC(CO)C(OC2OC(CO)C(OC3OC(CO)C(O)C(O)C3O)C(O)C2O)C(O)C1O)C(O)/C=C/CC/C=C/CCCCCCCCCCCCCCCC. The largest absolute Gasteiger partial charge is 0.394 e. The van der Waals surface area contributed by atoms with E-state index in [0.717, 1.165) is 116 Å². The number of rotatable bonds is 63. The van der Waals surface area contributed by atoms with E-state index in [-0.39, 0.29) is 18.9 Å². The molecule has 19 nitrogen and oxygen atoms in total. The van der Waals surface area contributed by atoms with Crippen molar-refractivity contribution in [3.8, 4) is 0 Å². The molecule has 19 heteroatoms. The summed E-state index contributed by atoms with van der Waals surface area (Å²) in [7, 11) is 0. The summed E-state index contributed by atoms with van der Waals surface area (Å²) in [5.74, 6) is -0.294. The quantitative estimate of drug-likeness (QED) is 0.0199. The first-order valence-corrected chi connectivity index (χ1v) is 41.1. The Bertz CT molecular complexity index is 2490. The van der Waals surface area contributed by atoms with Crippen LogP contribution in [0.15, 0.2) is 146 Å². The number of nitrogens with one attached hydrogen (secondary N) is 1. The lowest BCUT2D eigenvalue weighted by Gasteiger charge is -2.48. The summed E-state index contributed by atoms with van der Waals surface area (Å²) < 4.78 is 34.4. The minimum Gasteiger partial charge on any atom is -0.394 e. The van der Waals surface area contributed by atoms with Gasteiger partial charge >= 0.3 is 0 Å². The van der Waals surface area contributed by atoms with Crippen LogP contribution in [0.3, 0.4) is 0 Å². The average Bonchev–Trinajstić information content (AvgIpc) is 0.780. The topological polar surface area (TPSA) is 307 Å². The minimum absolute atomic E-state index is 0.222. The number of unbranched alkanes of at least 4 members (excludes halogenated alkanes) is 25. The van der Waals surface area contributed by atoms with Gasteiger partial charge in [0.05, 0.1) is 38.6 Å². The Morgan fingerprint density at radius 3 is 1.06 bits per heavy atom. The number of allylic oxidation sites excluding steroid dienone is 23. The minimum atomic E-state index is -1.99. The molecular weight excluding hydrogens is 1350 g/mol. The predicted molar refractivity (Wildman–Crippen MR) is 424 cm³/mol. The van der Waals surface area contributed by atoms with Gasteiger partial charge in [0.2, 0.25) is 5.91 Å². The number of ether oxygens (including phenoxy) is 6. The third-order valence-corrected chi connectivity index (χ3v) is 19.4. The summed E-state index contributed by atoms with van der Waals surface area (Å²) >= 11 is 0. The molecule has 0 aliphatic carbocycles. The van der Waals surface area contributed by atoms with E-state index < -0.39 is 124 Å². The van der Waals surface area contributed by atoms with Crippen LogP contribution in [0.2, 0.25) is 0 Å². The number of carbonyl (C=O) groups is 1. The highest BCUT2D eigenvalue weighted by Gasteiger charge is 2.54. The second-order valence-electron chi connectivity index (χ2n) is 28.5. The second-order valence-corrected chi connectivity index (χ2v) is 28.5. The van der Waals surface area contributed by atoms with Crippen LogP contribution in [0.4, 0.5) is 0 Å². The zero-order valence-electron chi connectivity index (χ0n) is 64.9.